The number of furan rings is 1. The summed E-state index contributed by atoms with van der Waals surface area (Å²) in [6, 6.07) is 1.67. The Bertz CT molecular complexity index is 466. The molecule has 118 valence electrons. The van der Waals surface area contributed by atoms with Crippen LogP contribution < -0.4 is 0 Å². The fourth-order valence-electron chi connectivity index (χ4n) is 2.60. The van der Waals surface area contributed by atoms with Gasteiger partial charge in [0.25, 0.3) is 5.91 Å². The maximum absolute atomic E-state index is 12.2. The first-order valence-electron chi connectivity index (χ1n) is 7.36. The smallest absolute Gasteiger partial charge is 0.257 e. The quantitative estimate of drug-likeness (QED) is 0.845. The van der Waals surface area contributed by atoms with E-state index in [4.69, 9.17) is 4.42 Å². The molecule has 0 aromatic carbocycles. The van der Waals surface area contributed by atoms with Gasteiger partial charge in [0.05, 0.1) is 17.9 Å². The first kappa shape index (κ1) is 16.0. The zero-order valence-corrected chi connectivity index (χ0v) is 13.1. The van der Waals surface area contributed by atoms with Crippen molar-refractivity contribution in [3.63, 3.8) is 0 Å². The molecule has 2 rings (SSSR count). The standard InChI is InChI=1S/C15H25N3O3/c1-12-14(4-9-21-12)15(20)17(3)10-13(19)11-18-7-5-16(2)6-8-18/h4,9,13,19H,5-8,10-11H2,1-3H3. The zero-order chi connectivity index (χ0) is 15.4. The van der Waals surface area contributed by atoms with Crippen LogP contribution in [0.3, 0.4) is 0 Å². The van der Waals surface area contributed by atoms with Gasteiger partial charge in [-0.15, -0.1) is 0 Å². The lowest BCUT2D eigenvalue weighted by Gasteiger charge is -2.34. The molecule has 6 heteroatoms. The second-order valence-electron chi connectivity index (χ2n) is 5.83. The summed E-state index contributed by atoms with van der Waals surface area (Å²) in [6.07, 6.45) is 0.978. The number of carbonyl (C=O) groups excluding carboxylic acids is 1. The van der Waals surface area contributed by atoms with Crippen molar-refractivity contribution >= 4 is 5.91 Å². The van der Waals surface area contributed by atoms with Crippen molar-refractivity contribution in [2.75, 3.05) is 53.4 Å². The van der Waals surface area contributed by atoms with Gasteiger partial charge in [0.1, 0.15) is 5.76 Å². The van der Waals surface area contributed by atoms with Crippen LogP contribution in [-0.2, 0) is 0 Å². The Balaban J connectivity index is 1.80. The summed E-state index contributed by atoms with van der Waals surface area (Å²) in [6.45, 7) is 6.68. The molecule has 1 saturated heterocycles. The third kappa shape index (κ3) is 4.30. The number of aliphatic hydroxyl groups excluding tert-OH is 1. The number of piperazine rings is 1. The minimum atomic E-state index is -0.533. The molecule has 0 radical (unpaired) electrons. The highest BCUT2D eigenvalue weighted by molar-refractivity contribution is 5.94. The number of amides is 1. The Morgan fingerprint density at radius 1 is 1.43 bits per heavy atom. The molecule has 1 aliphatic rings. The Labute approximate surface area is 125 Å². The average molecular weight is 295 g/mol. The van der Waals surface area contributed by atoms with Crippen molar-refractivity contribution in [2.45, 2.75) is 13.0 Å². The van der Waals surface area contributed by atoms with Crippen LogP contribution in [0.4, 0.5) is 0 Å². The van der Waals surface area contributed by atoms with Crippen LogP contribution in [0, 0.1) is 6.92 Å². The highest BCUT2D eigenvalue weighted by Crippen LogP contribution is 2.11. The zero-order valence-electron chi connectivity index (χ0n) is 13.1. The molecule has 1 N–H and O–H groups in total. The third-order valence-electron chi connectivity index (χ3n) is 3.99. The van der Waals surface area contributed by atoms with Gasteiger partial charge in [-0.3, -0.25) is 9.69 Å². The molecule has 1 atom stereocenters. The molecule has 1 aromatic rings. The number of rotatable bonds is 5. The van der Waals surface area contributed by atoms with Gasteiger partial charge < -0.3 is 19.3 Å². The molecule has 0 aliphatic carbocycles. The fraction of sp³-hybridized carbons (Fsp3) is 0.667. The van der Waals surface area contributed by atoms with Crippen molar-refractivity contribution < 1.29 is 14.3 Å². The Morgan fingerprint density at radius 2 is 2.10 bits per heavy atom. The van der Waals surface area contributed by atoms with E-state index in [2.05, 4.69) is 16.8 Å². The lowest BCUT2D eigenvalue weighted by Crippen LogP contribution is -2.49. The van der Waals surface area contributed by atoms with Gasteiger partial charge in [-0.05, 0) is 20.0 Å². The van der Waals surface area contributed by atoms with Crippen LogP contribution in [0.25, 0.3) is 0 Å². The minimum absolute atomic E-state index is 0.112. The molecule has 6 nitrogen and oxygen atoms in total. The van der Waals surface area contributed by atoms with E-state index in [1.807, 2.05) is 0 Å². The second kappa shape index (κ2) is 7.06. The molecule has 0 spiro atoms. The van der Waals surface area contributed by atoms with E-state index in [1.54, 1.807) is 24.9 Å². The third-order valence-corrected chi connectivity index (χ3v) is 3.99. The van der Waals surface area contributed by atoms with Crippen LogP contribution in [0.5, 0.6) is 0 Å². The van der Waals surface area contributed by atoms with Crippen LogP contribution in [0.2, 0.25) is 0 Å². The Kier molecular flexibility index (Phi) is 5.39. The maximum atomic E-state index is 12.2. The first-order chi connectivity index (χ1) is 9.97. The minimum Gasteiger partial charge on any atom is -0.469 e. The largest absolute Gasteiger partial charge is 0.469 e. The molecule has 21 heavy (non-hydrogen) atoms. The molecule has 0 saturated carbocycles. The van der Waals surface area contributed by atoms with Gasteiger partial charge in [-0.1, -0.05) is 0 Å². The molecular weight excluding hydrogens is 270 g/mol. The van der Waals surface area contributed by atoms with E-state index in [-0.39, 0.29) is 5.91 Å². The van der Waals surface area contributed by atoms with E-state index in [1.165, 1.54) is 6.26 Å². The summed E-state index contributed by atoms with van der Waals surface area (Å²) >= 11 is 0. The molecule has 1 unspecified atom stereocenters. The van der Waals surface area contributed by atoms with Crippen molar-refractivity contribution in [1.82, 2.24) is 14.7 Å². The van der Waals surface area contributed by atoms with Gasteiger partial charge in [0.2, 0.25) is 0 Å². The van der Waals surface area contributed by atoms with Crippen LogP contribution >= 0.6 is 0 Å². The van der Waals surface area contributed by atoms with Crippen LogP contribution in [0.15, 0.2) is 16.7 Å². The average Bonchev–Trinajstić information content (AvgIpc) is 2.86. The molecular formula is C15H25N3O3. The SMILES string of the molecule is Cc1occc1C(=O)N(C)CC(O)CN1CCN(C)CC1. The van der Waals surface area contributed by atoms with E-state index < -0.39 is 6.10 Å². The van der Waals surface area contributed by atoms with Crippen molar-refractivity contribution in [3.05, 3.63) is 23.7 Å². The number of β-amino-alcohol motifs (C(OH)–C–C–N with tert-alkyl or cyclic N) is 1. The summed E-state index contributed by atoms with van der Waals surface area (Å²) in [4.78, 5) is 18.3. The molecule has 1 amide bonds. The van der Waals surface area contributed by atoms with Gasteiger partial charge in [0, 0.05) is 46.3 Å². The molecule has 2 heterocycles. The van der Waals surface area contributed by atoms with Crippen molar-refractivity contribution in [1.29, 1.82) is 0 Å². The van der Waals surface area contributed by atoms with Gasteiger partial charge in [-0.2, -0.15) is 0 Å². The molecule has 0 bridgehead atoms. The number of nitrogens with zero attached hydrogens (tertiary/aromatic N) is 3. The lowest BCUT2D eigenvalue weighted by molar-refractivity contribution is 0.0500. The first-order valence-corrected chi connectivity index (χ1v) is 7.36. The summed E-state index contributed by atoms with van der Waals surface area (Å²) in [5.74, 6) is 0.499. The van der Waals surface area contributed by atoms with Gasteiger partial charge >= 0.3 is 0 Å². The highest BCUT2D eigenvalue weighted by Gasteiger charge is 2.21. The molecule has 1 aliphatic heterocycles. The van der Waals surface area contributed by atoms with E-state index in [9.17, 15) is 9.90 Å². The predicted molar refractivity (Wildman–Crippen MR) is 80.3 cm³/mol. The van der Waals surface area contributed by atoms with E-state index in [0.717, 1.165) is 26.2 Å². The summed E-state index contributed by atoms with van der Waals surface area (Å²) in [5, 5.41) is 10.2. The topological polar surface area (TPSA) is 60.2 Å². The van der Waals surface area contributed by atoms with Gasteiger partial charge in [-0.25, -0.2) is 0 Å². The highest BCUT2D eigenvalue weighted by atomic mass is 16.3. The predicted octanol–water partition coefficient (Wildman–Crippen LogP) is 0.268. The number of hydrogen-bond donors (Lipinski definition) is 1. The van der Waals surface area contributed by atoms with Crippen molar-refractivity contribution in [3.8, 4) is 0 Å². The van der Waals surface area contributed by atoms with E-state index in [0.29, 0.717) is 24.4 Å². The summed E-state index contributed by atoms with van der Waals surface area (Å²) < 4.78 is 5.15. The number of aryl methyl sites for hydroxylation is 1. The van der Waals surface area contributed by atoms with E-state index >= 15 is 0 Å². The Morgan fingerprint density at radius 3 is 2.67 bits per heavy atom. The normalized spacial score (nSPS) is 18.7. The van der Waals surface area contributed by atoms with Crippen LogP contribution in [0.1, 0.15) is 16.1 Å². The van der Waals surface area contributed by atoms with Crippen molar-refractivity contribution in [2.24, 2.45) is 0 Å². The fourth-order valence-corrected chi connectivity index (χ4v) is 2.60. The number of carbonyl (C=O) groups is 1. The second-order valence-corrected chi connectivity index (χ2v) is 5.83. The summed E-state index contributed by atoms with van der Waals surface area (Å²) in [7, 11) is 3.81. The van der Waals surface area contributed by atoms with Gasteiger partial charge in [0.15, 0.2) is 0 Å². The summed E-state index contributed by atoms with van der Waals surface area (Å²) in [5.41, 5.74) is 0.560. The molecule has 1 fully saturated rings. The number of hydrogen-bond acceptors (Lipinski definition) is 5. The van der Waals surface area contributed by atoms with Crippen LogP contribution in [-0.4, -0.2) is 85.2 Å². The molecule has 1 aromatic heterocycles. The number of aliphatic hydroxyl groups is 1. The lowest BCUT2D eigenvalue weighted by atomic mass is 10.2. The number of likely N-dealkylation sites (N-methyl/N-ethyl adjacent to an activating group) is 2. The monoisotopic (exact) mass is 295 g/mol. The Hall–Kier alpha value is -1.37. The maximum Gasteiger partial charge on any atom is 0.257 e.